The molecule has 2 rings (SSSR count). The van der Waals surface area contributed by atoms with Gasteiger partial charge in [0.25, 0.3) is 0 Å². The van der Waals surface area contributed by atoms with Crippen LogP contribution in [0.1, 0.15) is 22.9 Å². The van der Waals surface area contributed by atoms with E-state index in [4.69, 9.17) is 5.84 Å². The van der Waals surface area contributed by atoms with E-state index >= 15 is 0 Å². The maximum absolute atomic E-state index is 13.1. The van der Waals surface area contributed by atoms with Crippen molar-refractivity contribution >= 4 is 15.9 Å². The molecule has 0 saturated carbocycles. The van der Waals surface area contributed by atoms with Crippen molar-refractivity contribution in [2.75, 3.05) is 0 Å². The van der Waals surface area contributed by atoms with Crippen molar-refractivity contribution < 1.29 is 13.2 Å². The van der Waals surface area contributed by atoms with Crippen LogP contribution in [0.2, 0.25) is 0 Å². The van der Waals surface area contributed by atoms with E-state index in [1.54, 1.807) is 19.3 Å². The maximum Gasteiger partial charge on any atom is 0.416 e. The minimum absolute atomic E-state index is 0.0684. The third-order valence-corrected chi connectivity index (χ3v) is 3.45. The third kappa shape index (κ3) is 3.80. The van der Waals surface area contributed by atoms with E-state index < -0.39 is 17.8 Å². The molecular formula is C12H13BrF3N5. The van der Waals surface area contributed by atoms with Crippen LogP contribution >= 0.6 is 15.9 Å². The first-order chi connectivity index (χ1) is 9.81. The van der Waals surface area contributed by atoms with E-state index in [0.29, 0.717) is 10.2 Å². The maximum atomic E-state index is 13.1. The van der Waals surface area contributed by atoms with Gasteiger partial charge in [0.15, 0.2) is 0 Å². The smallest absolute Gasteiger partial charge is 0.271 e. The molecule has 114 valence electrons. The molecule has 3 N–H and O–H groups in total. The molecule has 1 atom stereocenters. The summed E-state index contributed by atoms with van der Waals surface area (Å²) in [6.45, 7) is 0. The number of aryl methyl sites for hydroxylation is 1. The number of hydrogen-bond acceptors (Lipinski definition) is 4. The van der Waals surface area contributed by atoms with E-state index in [1.807, 2.05) is 0 Å². The molecule has 0 radical (unpaired) electrons. The first-order valence-electron chi connectivity index (χ1n) is 5.99. The molecule has 21 heavy (non-hydrogen) atoms. The van der Waals surface area contributed by atoms with Crippen LogP contribution < -0.4 is 11.3 Å². The molecule has 0 bridgehead atoms. The lowest BCUT2D eigenvalue weighted by Crippen LogP contribution is -2.31. The van der Waals surface area contributed by atoms with Crippen LogP contribution in [0.3, 0.4) is 0 Å². The second-order valence-corrected chi connectivity index (χ2v) is 5.45. The van der Waals surface area contributed by atoms with E-state index in [9.17, 15) is 13.2 Å². The standard InChI is InChI=1S/C12H13BrF3N5/c1-21-6-8(19-20-21)5-11(18-17)9-3-2-7(13)4-10(9)12(14,15)16/h2-4,6,11,18H,5,17H2,1H3. The van der Waals surface area contributed by atoms with Crippen molar-refractivity contribution in [3.05, 3.63) is 45.7 Å². The molecule has 1 heterocycles. The fourth-order valence-corrected chi connectivity index (χ4v) is 2.40. The van der Waals surface area contributed by atoms with E-state index in [0.717, 1.165) is 6.07 Å². The molecule has 2 aromatic rings. The fraction of sp³-hybridized carbons (Fsp3) is 0.333. The Morgan fingerprint density at radius 1 is 1.43 bits per heavy atom. The minimum atomic E-state index is -4.46. The molecule has 0 amide bonds. The normalized spacial score (nSPS) is 13.4. The number of nitrogens with two attached hydrogens (primary N) is 1. The lowest BCUT2D eigenvalue weighted by atomic mass is 9.97. The summed E-state index contributed by atoms with van der Waals surface area (Å²) in [7, 11) is 1.68. The summed E-state index contributed by atoms with van der Waals surface area (Å²) in [6, 6.07) is 3.27. The molecule has 0 saturated heterocycles. The number of alkyl halides is 3. The number of hydrogen-bond donors (Lipinski definition) is 2. The average Bonchev–Trinajstić information content (AvgIpc) is 2.81. The zero-order chi connectivity index (χ0) is 15.6. The highest BCUT2D eigenvalue weighted by Gasteiger charge is 2.35. The van der Waals surface area contributed by atoms with Gasteiger partial charge in [0.2, 0.25) is 0 Å². The van der Waals surface area contributed by atoms with Crippen molar-refractivity contribution in [2.24, 2.45) is 12.9 Å². The first-order valence-corrected chi connectivity index (χ1v) is 6.78. The van der Waals surface area contributed by atoms with Crippen molar-refractivity contribution in [1.29, 1.82) is 0 Å². The topological polar surface area (TPSA) is 68.8 Å². The fourth-order valence-electron chi connectivity index (χ4n) is 2.03. The Bertz CT molecular complexity index is 626. The summed E-state index contributed by atoms with van der Waals surface area (Å²) in [4.78, 5) is 0. The van der Waals surface area contributed by atoms with E-state index in [-0.39, 0.29) is 12.0 Å². The number of benzene rings is 1. The largest absolute Gasteiger partial charge is 0.416 e. The van der Waals surface area contributed by atoms with Gasteiger partial charge in [-0.3, -0.25) is 16.0 Å². The summed E-state index contributed by atoms with van der Waals surface area (Å²) < 4.78 is 41.3. The molecule has 1 unspecified atom stereocenters. The number of halogens is 4. The second kappa shape index (κ2) is 6.12. The molecule has 0 spiro atoms. The Hall–Kier alpha value is -1.45. The molecule has 0 aliphatic heterocycles. The first kappa shape index (κ1) is 15.9. The summed E-state index contributed by atoms with van der Waals surface area (Å²) in [5, 5.41) is 7.62. The van der Waals surface area contributed by atoms with Crippen molar-refractivity contribution in [2.45, 2.75) is 18.6 Å². The van der Waals surface area contributed by atoms with Crippen molar-refractivity contribution in [3.8, 4) is 0 Å². The van der Waals surface area contributed by atoms with Crippen molar-refractivity contribution in [3.63, 3.8) is 0 Å². The highest BCUT2D eigenvalue weighted by atomic mass is 79.9. The minimum Gasteiger partial charge on any atom is -0.271 e. The highest BCUT2D eigenvalue weighted by Crippen LogP contribution is 2.36. The van der Waals surface area contributed by atoms with Gasteiger partial charge in [-0.2, -0.15) is 13.2 Å². The van der Waals surface area contributed by atoms with Crippen LogP contribution in [0.15, 0.2) is 28.9 Å². The summed E-state index contributed by atoms with van der Waals surface area (Å²) in [5.41, 5.74) is 2.30. The molecule has 9 heteroatoms. The van der Waals surface area contributed by atoms with Gasteiger partial charge in [-0.1, -0.05) is 27.2 Å². The van der Waals surface area contributed by atoms with Gasteiger partial charge in [0.1, 0.15) is 0 Å². The molecule has 1 aromatic carbocycles. The Balaban J connectivity index is 2.38. The van der Waals surface area contributed by atoms with Crippen LogP contribution in [-0.4, -0.2) is 15.0 Å². The summed E-state index contributed by atoms with van der Waals surface area (Å²) in [6.07, 6.45) is -2.62. The van der Waals surface area contributed by atoms with Gasteiger partial charge in [-0.15, -0.1) is 5.10 Å². The highest BCUT2D eigenvalue weighted by molar-refractivity contribution is 9.10. The summed E-state index contributed by atoms with van der Waals surface area (Å²) in [5.74, 6) is 5.43. The molecule has 0 aliphatic carbocycles. The van der Waals surface area contributed by atoms with E-state index in [2.05, 4.69) is 31.7 Å². The lowest BCUT2D eigenvalue weighted by molar-refractivity contribution is -0.138. The van der Waals surface area contributed by atoms with Gasteiger partial charge in [-0.25, -0.2) is 0 Å². The third-order valence-electron chi connectivity index (χ3n) is 2.96. The number of hydrazine groups is 1. The van der Waals surface area contributed by atoms with Gasteiger partial charge in [0.05, 0.1) is 17.3 Å². The summed E-state index contributed by atoms with van der Waals surface area (Å²) >= 11 is 3.05. The Kier molecular flexibility index (Phi) is 4.64. The second-order valence-electron chi connectivity index (χ2n) is 4.54. The monoisotopic (exact) mass is 363 g/mol. The SMILES string of the molecule is Cn1cc(CC(NN)c2ccc(Br)cc2C(F)(F)F)nn1. The van der Waals surface area contributed by atoms with Gasteiger partial charge >= 0.3 is 6.18 Å². The predicted octanol–water partition coefficient (Wildman–Crippen LogP) is 2.34. The average molecular weight is 364 g/mol. The number of aromatic nitrogens is 3. The molecular weight excluding hydrogens is 351 g/mol. The molecule has 5 nitrogen and oxygen atoms in total. The number of nitrogens with one attached hydrogen (secondary N) is 1. The predicted molar refractivity (Wildman–Crippen MR) is 73.9 cm³/mol. The van der Waals surface area contributed by atoms with E-state index in [1.165, 1.54) is 10.7 Å². The van der Waals surface area contributed by atoms with Crippen LogP contribution in [0.4, 0.5) is 13.2 Å². The lowest BCUT2D eigenvalue weighted by Gasteiger charge is -2.20. The van der Waals surface area contributed by atoms with Crippen LogP contribution in [0.5, 0.6) is 0 Å². The Labute approximate surface area is 127 Å². The van der Waals surface area contributed by atoms with Crippen LogP contribution in [0, 0.1) is 0 Å². The molecule has 1 aromatic heterocycles. The zero-order valence-corrected chi connectivity index (χ0v) is 12.6. The van der Waals surface area contributed by atoms with Crippen LogP contribution in [-0.2, 0) is 19.6 Å². The van der Waals surface area contributed by atoms with Crippen molar-refractivity contribution in [1.82, 2.24) is 20.4 Å². The number of rotatable bonds is 4. The van der Waals surface area contributed by atoms with Gasteiger partial charge < -0.3 is 0 Å². The molecule has 0 fully saturated rings. The Morgan fingerprint density at radius 2 is 2.14 bits per heavy atom. The van der Waals surface area contributed by atoms with Gasteiger partial charge in [-0.05, 0) is 17.7 Å². The van der Waals surface area contributed by atoms with Crippen LogP contribution in [0.25, 0.3) is 0 Å². The Morgan fingerprint density at radius 3 is 2.67 bits per heavy atom. The van der Waals surface area contributed by atoms with Gasteiger partial charge in [0, 0.05) is 24.1 Å². The molecule has 0 aliphatic rings. The number of nitrogens with zero attached hydrogens (tertiary/aromatic N) is 3. The zero-order valence-electron chi connectivity index (χ0n) is 11.0. The quantitative estimate of drug-likeness (QED) is 0.646.